The van der Waals surface area contributed by atoms with Gasteiger partial charge in [0.1, 0.15) is 0 Å². The molecule has 0 spiro atoms. The molecule has 0 aliphatic rings. The predicted octanol–water partition coefficient (Wildman–Crippen LogP) is 0.796. The van der Waals surface area contributed by atoms with Gasteiger partial charge in [-0.25, -0.2) is 22.3 Å². The molecule has 0 radical (unpaired) electrons. The Kier molecular flexibility index (Phi) is 3.17. The maximum atomic E-state index is 13.0. The minimum Gasteiger partial charge on any atom is -0.229 e. The summed E-state index contributed by atoms with van der Waals surface area (Å²) in [5.41, 5.74) is 0.0130. The van der Waals surface area contributed by atoms with Gasteiger partial charge in [-0.2, -0.15) is 0 Å². The van der Waals surface area contributed by atoms with Crippen molar-refractivity contribution in [2.24, 2.45) is 5.14 Å². The second-order valence-corrected chi connectivity index (χ2v) is 4.56. The second kappa shape index (κ2) is 4.02. The summed E-state index contributed by atoms with van der Waals surface area (Å²) in [7, 11) is -3.64. The molecule has 0 aromatic heterocycles. The number of hydrogen-bond acceptors (Lipinski definition) is 2. The Morgan fingerprint density at radius 3 is 2.50 bits per heavy atom. The van der Waals surface area contributed by atoms with Crippen LogP contribution in [0.15, 0.2) is 18.2 Å². The van der Waals surface area contributed by atoms with Gasteiger partial charge in [0.05, 0.1) is 5.75 Å². The number of rotatable bonds is 3. The van der Waals surface area contributed by atoms with Crippen LogP contribution in [0, 0.1) is 11.6 Å². The third kappa shape index (κ3) is 3.04. The van der Waals surface area contributed by atoms with E-state index in [1.807, 2.05) is 0 Å². The fourth-order valence-electron chi connectivity index (χ4n) is 0.994. The van der Waals surface area contributed by atoms with Gasteiger partial charge in [-0.1, -0.05) is 12.1 Å². The highest BCUT2D eigenvalue weighted by Crippen LogP contribution is 2.11. The maximum Gasteiger partial charge on any atom is 0.209 e. The molecule has 0 fully saturated rings. The van der Waals surface area contributed by atoms with Crippen molar-refractivity contribution in [3.8, 4) is 0 Å². The first-order valence-corrected chi connectivity index (χ1v) is 5.55. The molecule has 0 amide bonds. The van der Waals surface area contributed by atoms with Gasteiger partial charge >= 0.3 is 0 Å². The van der Waals surface area contributed by atoms with E-state index < -0.39 is 27.4 Å². The highest BCUT2D eigenvalue weighted by Gasteiger charge is 2.10. The fraction of sp³-hybridized carbons (Fsp3) is 0.250. The normalized spacial score (nSPS) is 11.6. The van der Waals surface area contributed by atoms with Gasteiger partial charge in [0.15, 0.2) is 11.6 Å². The third-order valence-electron chi connectivity index (χ3n) is 1.69. The number of sulfonamides is 1. The Morgan fingerprint density at radius 2 is 1.93 bits per heavy atom. The Labute approximate surface area is 80.6 Å². The van der Waals surface area contributed by atoms with Crippen molar-refractivity contribution in [2.75, 3.05) is 5.75 Å². The van der Waals surface area contributed by atoms with E-state index in [2.05, 4.69) is 0 Å². The van der Waals surface area contributed by atoms with E-state index in [0.717, 1.165) is 6.07 Å². The molecule has 0 saturated heterocycles. The Morgan fingerprint density at radius 1 is 1.29 bits per heavy atom. The molecular formula is C8H9F2NO2S. The van der Waals surface area contributed by atoms with Crippen LogP contribution in [-0.2, 0) is 16.4 Å². The summed E-state index contributed by atoms with van der Waals surface area (Å²) in [6.45, 7) is 0. The highest BCUT2D eigenvalue weighted by atomic mass is 32.2. The lowest BCUT2D eigenvalue weighted by molar-refractivity contribution is 0.499. The van der Waals surface area contributed by atoms with Gasteiger partial charge in [-0.3, -0.25) is 0 Å². The van der Waals surface area contributed by atoms with E-state index in [1.54, 1.807) is 0 Å². The molecule has 0 unspecified atom stereocenters. The van der Waals surface area contributed by atoms with Crippen LogP contribution >= 0.6 is 0 Å². The van der Waals surface area contributed by atoms with Crippen molar-refractivity contribution in [3.63, 3.8) is 0 Å². The number of nitrogens with two attached hydrogens (primary N) is 1. The van der Waals surface area contributed by atoms with Crippen molar-refractivity contribution < 1.29 is 17.2 Å². The van der Waals surface area contributed by atoms with Crippen LogP contribution in [0.3, 0.4) is 0 Å². The summed E-state index contributed by atoms with van der Waals surface area (Å²) in [6, 6.07) is 3.61. The van der Waals surface area contributed by atoms with Crippen molar-refractivity contribution in [1.29, 1.82) is 0 Å². The molecule has 0 aliphatic heterocycles. The van der Waals surface area contributed by atoms with E-state index in [9.17, 15) is 17.2 Å². The topological polar surface area (TPSA) is 60.2 Å². The number of primary sulfonamides is 1. The molecule has 1 aromatic rings. The van der Waals surface area contributed by atoms with Crippen molar-refractivity contribution in [1.82, 2.24) is 0 Å². The van der Waals surface area contributed by atoms with E-state index in [0.29, 0.717) is 0 Å². The smallest absolute Gasteiger partial charge is 0.209 e. The number of halogens is 2. The molecule has 0 aliphatic carbocycles. The zero-order valence-corrected chi connectivity index (χ0v) is 8.02. The molecule has 78 valence electrons. The van der Waals surface area contributed by atoms with Crippen LogP contribution in [0.1, 0.15) is 5.56 Å². The molecule has 2 N–H and O–H groups in total. The lowest BCUT2D eigenvalue weighted by Gasteiger charge is -2.02. The molecule has 3 nitrogen and oxygen atoms in total. The molecule has 6 heteroatoms. The Hall–Kier alpha value is -1.01. The highest BCUT2D eigenvalue weighted by molar-refractivity contribution is 7.89. The summed E-state index contributed by atoms with van der Waals surface area (Å²) in [4.78, 5) is 0. The SMILES string of the molecule is NS(=O)(=O)CCc1cccc(F)c1F. The number of aryl methyl sites for hydroxylation is 1. The fourth-order valence-corrected chi connectivity index (χ4v) is 1.50. The van der Waals surface area contributed by atoms with Gasteiger partial charge < -0.3 is 0 Å². The van der Waals surface area contributed by atoms with Crippen LogP contribution in [-0.4, -0.2) is 14.2 Å². The second-order valence-electron chi connectivity index (χ2n) is 2.83. The van der Waals surface area contributed by atoms with Crippen LogP contribution in [0.25, 0.3) is 0 Å². The summed E-state index contributed by atoms with van der Waals surface area (Å²) < 4.78 is 46.7. The zero-order chi connectivity index (χ0) is 10.8. The molecule has 1 aromatic carbocycles. The van der Waals surface area contributed by atoms with Crippen molar-refractivity contribution in [2.45, 2.75) is 6.42 Å². The van der Waals surface area contributed by atoms with Crippen LogP contribution < -0.4 is 5.14 Å². The largest absolute Gasteiger partial charge is 0.229 e. The summed E-state index contributed by atoms with van der Waals surface area (Å²) >= 11 is 0. The van der Waals surface area contributed by atoms with Gasteiger partial charge in [-0.15, -0.1) is 0 Å². The van der Waals surface area contributed by atoms with E-state index in [-0.39, 0.29) is 12.0 Å². The molecule has 0 bridgehead atoms. The maximum absolute atomic E-state index is 13.0. The number of benzene rings is 1. The standard InChI is InChI=1S/C8H9F2NO2S/c9-7-3-1-2-6(8(7)10)4-5-14(11,12)13/h1-3H,4-5H2,(H2,11,12,13). The lowest BCUT2D eigenvalue weighted by Crippen LogP contribution is -2.18. The lowest BCUT2D eigenvalue weighted by atomic mass is 10.1. The van der Waals surface area contributed by atoms with Crippen LogP contribution in [0.5, 0.6) is 0 Å². The van der Waals surface area contributed by atoms with E-state index in [1.165, 1.54) is 12.1 Å². The van der Waals surface area contributed by atoms with Crippen LogP contribution in [0.2, 0.25) is 0 Å². The summed E-state index contributed by atoms with van der Waals surface area (Å²) in [5, 5.41) is 4.73. The van der Waals surface area contributed by atoms with Gasteiger partial charge in [0.2, 0.25) is 10.0 Å². The predicted molar refractivity (Wildman–Crippen MR) is 48.0 cm³/mol. The molecule has 1 rings (SSSR count). The first-order valence-electron chi connectivity index (χ1n) is 3.83. The van der Waals surface area contributed by atoms with Crippen molar-refractivity contribution >= 4 is 10.0 Å². The Bertz CT molecular complexity index is 431. The van der Waals surface area contributed by atoms with E-state index in [4.69, 9.17) is 5.14 Å². The monoisotopic (exact) mass is 221 g/mol. The first kappa shape index (κ1) is 11.1. The first-order chi connectivity index (χ1) is 6.40. The number of hydrogen-bond donors (Lipinski definition) is 1. The molecular weight excluding hydrogens is 212 g/mol. The van der Waals surface area contributed by atoms with Crippen LogP contribution in [0.4, 0.5) is 8.78 Å². The van der Waals surface area contributed by atoms with Gasteiger partial charge in [-0.05, 0) is 18.1 Å². The average Bonchev–Trinajstić information content (AvgIpc) is 2.06. The van der Waals surface area contributed by atoms with Crippen molar-refractivity contribution in [3.05, 3.63) is 35.4 Å². The molecule has 14 heavy (non-hydrogen) atoms. The van der Waals surface area contributed by atoms with Gasteiger partial charge in [0, 0.05) is 0 Å². The zero-order valence-electron chi connectivity index (χ0n) is 7.20. The third-order valence-corrected chi connectivity index (χ3v) is 2.46. The summed E-state index contributed by atoms with van der Waals surface area (Å²) in [6.07, 6.45) is -0.123. The summed E-state index contributed by atoms with van der Waals surface area (Å²) in [5.74, 6) is -2.40. The average molecular weight is 221 g/mol. The van der Waals surface area contributed by atoms with E-state index >= 15 is 0 Å². The minimum absolute atomic E-state index is 0.0130. The Balaban J connectivity index is 2.83. The van der Waals surface area contributed by atoms with Gasteiger partial charge in [0.25, 0.3) is 0 Å². The minimum atomic E-state index is -3.64. The molecule has 0 atom stereocenters. The quantitative estimate of drug-likeness (QED) is 0.820. The molecule has 0 heterocycles. The molecule has 0 saturated carbocycles.